The van der Waals surface area contributed by atoms with E-state index in [0.29, 0.717) is 10.8 Å². The third kappa shape index (κ3) is 4.17. The number of sulfone groups is 1. The highest BCUT2D eigenvalue weighted by Crippen LogP contribution is 2.18. The number of aliphatic hydroxyl groups excluding tert-OH is 1. The molecular weight excluding hydrogens is 296 g/mol. The Morgan fingerprint density at radius 1 is 1.45 bits per heavy atom. The maximum absolute atomic E-state index is 12.0. The summed E-state index contributed by atoms with van der Waals surface area (Å²) in [6.07, 6.45) is 3.00. The topological polar surface area (TPSA) is 71.3 Å². The van der Waals surface area contributed by atoms with Crippen LogP contribution in [0.2, 0.25) is 0 Å². The van der Waals surface area contributed by atoms with Crippen LogP contribution in [0.25, 0.3) is 0 Å². The molecule has 0 saturated carbocycles. The highest BCUT2D eigenvalue weighted by molar-refractivity contribution is 7.93. The molecule has 2 aromatic rings. The van der Waals surface area contributed by atoms with Gasteiger partial charge in [-0.15, -0.1) is 11.3 Å². The minimum atomic E-state index is -3.38. The van der Waals surface area contributed by atoms with Gasteiger partial charge in [0.2, 0.25) is 0 Å². The molecule has 0 aliphatic heterocycles. The Balaban J connectivity index is 1.79. The van der Waals surface area contributed by atoms with Crippen LogP contribution in [-0.2, 0) is 23.4 Å². The first-order valence-electron chi connectivity index (χ1n) is 6.23. The second-order valence-corrected chi connectivity index (χ2v) is 7.89. The van der Waals surface area contributed by atoms with Gasteiger partial charge in [-0.05, 0) is 23.1 Å². The van der Waals surface area contributed by atoms with E-state index >= 15 is 0 Å². The van der Waals surface area contributed by atoms with Gasteiger partial charge in [-0.1, -0.05) is 6.07 Å². The van der Waals surface area contributed by atoms with Gasteiger partial charge < -0.3 is 15.0 Å². The summed E-state index contributed by atoms with van der Waals surface area (Å²) in [5.74, 6) is -0.255. The van der Waals surface area contributed by atoms with E-state index in [1.165, 1.54) is 11.3 Å². The fraction of sp³-hybridized carbons (Fsp3) is 0.385. The first-order valence-corrected chi connectivity index (χ1v) is 8.76. The van der Waals surface area contributed by atoms with Crippen molar-refractivity contribution in [2.45, 2.75) is 16.9 Å². The summed E-state index contributed by atoms with van der Waals surface area (Å²) in [5, 5.41) is 14.6. The largest absolute Gasteiger partial charge is 0.391 e. The maximum Gasteiger partial charge on any atom is 0.190 e. The summed E-state index contributed by atoms with van der Waals surface area (Å²) in [6.45, 7) is 0.858. The SMILES string of the molecule is Cn1ccc(CNCC(O)CS(=O)(=O)c2cccs2)c1. The van der Waals surface area contributed by atoms with Crippen molar-refractivity contribution in [3.8, 4) is 0 Å². The van der Waals surface area contributed by atoms with E-state index in [0.717, 1.165) is 5.56 Å². The first-order chi connectivity index (χ1) is 9.47. The van der Waals surface area contributed by atoms with Crippen LogP contribution in [0.4, 0.5) is 0 Å². The van der Waals surface area contributed by atoms with Crippen molar-refractivity contribution in [3.05, 3.63) is 41.5 Å². The van der Waals surface area contributed by atoms with Crippen molar-refractivity contribution in [1.29, 1.82) is 0 Å². The van der Waals surface area contributed by atoms with Crippen LogP contribution < -0.4 is 5.32 Å². The molecule has 0 aliphatic carbocycles. The van der Waals surface area contributed by atoms with E-state index < -0.39 is 15.9 Å². The van der Waals surface area contributed by atoms with Crippen LogP contribution in [-0.4, -0.2) is 36.5 Å². The molecule has 0 radical (unpaired) electrons. The van der Waals surface area contributed by atoms with Gasteiger partial charge in [0.05, 0.1) is 11.9 Å². The number of hydrogen-bond donors (Lipinski definition) is 2. The fourth-order valence-electron chi connectivity index (χ4n) is 1.88. The molecule has 0 bridgehead atoms. The number of aliphatic hydroxyl groups is 1. The summed E-state index contributed by atoms with van der Waals surface area (Å²) in [5.41, 5.74) is 1.10. The molecule has 0 spiro atoms. The van der Waals surface area contributed by atoms with Gasteiger partial charge in [-0.2, -0.15) is 0 Å². The third-order valence-electron chi connectivity index (χ3n) is 2.82. The zero-order chi connectivity index (χ0) is 14.6. The lowest BCUT2D eigenvalue weighted by Crippen LogP contribution is -2.32. The molecule has 1 unspecified atom stereocenters. The molecule has 2 heterocycles. The Morgan fingerprint density at radius 2 is 2.25 bits per heavy atom. The van der Waals surface area contributed by atoms with Crippen molar-refractivity contribution in [3.63, 3.8) is 0 Å². The number of rotatable bonds is 7. The molecule has 2 N–H and O–H groups in total. The first kappa shape index (κ1) is 15.2. The lowest BCUT2D eigenvalue weighted by atomic mass is 10.3. The van der Waals surface area contributed by atoms with Crippen molar-refractivity contribution in [1.82, 2.24) is 9.88 Å². The van der Waals surface area contributed by atoms with E-state index in [1.54, 1.807) is 17.5 Å². The molecule has 2 aromatic heterocycles. The number of aryl methyl sites for hydroxylation is 1. The maximum atomic E-state index is 12.0. The smallest absolute Gasteiger partial charge is 0.190 e. The summed E-state index contributed by atoms with van der Waals surface area (Å²) in [7, 11) is -1.45. The minimum absolute atomic E-state index is 0.250. The van der Waals surface area contributed by atoms with E-state index in [9.17, 15) is 13.5 Å². The Morgan fingerprint density at radius 3 is 2.85 bits per heavy atom. The van der Waals surface area contributed by atoms with Crippen molar-refractivity contribution in [2.24, 2.45) is 7.05 Å². The minimum Gasteiger partial charge on any atom is -0.391 e. The Bertz CT molecular complexity index is 632. The van der Waals surface area contributed by atoms with Crippen LogP contribution in [0.15, 0.2) is 40.2 Å². The predicted octanol–water partition coefficient (Wildman–Crippen LogP) is 1.01. The van der Waals surface area contributed by atoms with Gasteiger partial charge in [-0.25, -0.2) is 8.42 Å². The molecular formula is C13H18N2O3S2. The number of aromatic nitrogens is 1. The molecule has 5 nitrogen and oxygen atoms in total. The molecule has 0 fully saturated rings. The zero-order valence-corrected chi connectivity index (χ0v) is 12.8. The summed E-state index contributed by atoms with van der Waals surface area (Å²) in [4.78, 5) is 0. The summed E-state index contributed by atoms with van der Waals surface area (Å²) in [6, 6.07) is 5.23. The Labute approximate surface area is 122 Å². The summed E-state index contributed by atoms with van der Waals surface area (Å²) < 4.78 is 26.2. The van der Waals surface area contributed by atoms with Gasteiger partial charge in [0.1, 0.15) is 4.21 Å². The molecule has 0 amide bonds. The second kappa shape index (κ2) is 6.53. The molecule has 0 aromatic carbocycles. The van der Waals surface area contributed by atoms with Crippen molar-refractivity contribution < 1.29 is 13.5 Å². The standard InChI is InChI=1S/C13H18N2O3S2/c1-15-5-4-11(9-15)7-14-8-12(16)10-20(17,18)13-3-2-6-19-13/h2-6,9,12,14,16H,7-8,10H2,1H3. The van der Waals surface area contributed by atoms with Gasteiger partial charge in [0.15, 0.2) is 9.84 Å². The normalized spacial score (nSPS) is 13.5. The average molecular weight is 314 g/mol. The number of nitrogens with zero attached hydrogens (tertiary/aromatic N) is 1. The number of hydrogen-bond acceptors (Lipinski definition) is 5. The lowest BCUT2D eigenvalue weighted by molar-refractivity contribution is 0.193. The Hall–Kier alpha value is -1.15. The van der Waals surface area contributed by atoms with Gasteiger partial charge >= 0.3 is 0 Å². The highest BCUT2D eigenvalue weighted by atomic mass is 32.2. The molecule has 20 heavy (non-hydrogen) atoms. The third-order valence-corrected chi connectivity index (χ3v) is 6.10. The highest BCUT2D eigenvalue weighted by Gasteiger charge is 2.20. The summed E-state index contributed by atoms with van der Waals surface area (Å²) >= 11 is 1.17. The quantitative estimate of drug-likeness (QED) is 0.800. The van der Waals surface area contributed by atoms with Crippen LogP contribution in [0.5, 0.6) is 0 Å². The fourth-order valence-corrected chi connectivity index (χ4v) is 4.36. The van der Waals surface area contributed by atoms with Crippen molar-refractivity contribution >= 4 is 21.2 Å². The molecule has 7 heteroatoms. The molecule has 1 atom stereocenters. The number of nitrogens with one attached hydrogen (secondary N) is 1. The average Bonchev–Trinajstić information content (AvgIpc) is 3.00. The molecule has 110 valence electrons. The van der Waals surface area contributed by atoms with E-state index in [1.807, 2.05) is 30.1 Å². The monoisotopic (exact) mass is 314 g/mol. The van der Waals surface area contributed by atoms with Gasteiger partial charge in [0.25, 0.3) is 0 Å². The molecule has 0 saturated heterocycles. The van der Waals surface area contributed by atoms with Gasteiger partial charge in [0, 0.05) is 32.5 Å². The molecule has 0 aliphatic rings. The van der Waals surface area contributed by atoms with Crippen LogP contribution in [0.1, 0.15) is 5.56 Å². The predicted molar refractivity (Wildman–Crippen MR) is 79.5 cm³/mol. The second-order valence-electron chi connectivity index (χ2n) is 4.68. The van der Waals surface area contributed by atoms with Crippen LogP contribution in [0.3, 0.4) is 0 Å². The zero-order valence-electron chi connectivity index (χ0n) is 11.2. The van der Waals surface area contributed by atoms with E-state index in [4.69, 9.17) is 0 Å². The molecule has 2 rings (SSSR count). The van der Waals surface area contributed by atoms with Crippen LogP contribution >= 0.6 is 11.3 Å². The van der Waals surface area contributed by atoms with E-state index in [2.05, 4.69) is 5.32 Å². The number of thiophene rings is 1. The van der Waals surface area contributed by atoms with Gasteiger partial charge in [-0.3, -0.25) is 0 Å². The Kier molecular flexibility index (Phi) is 4.98. The van der Waals surface area contributed by atoms with Crippen molar-refractivity contribution in [2.75, 3.05) is 12.3 Å². The van der Waals surface area contributed by atoms with E-state index in [-0.39, 0.29) is 12.3 Å². The lowest BCUT2D eigenvalue weighted by Gasteiger charge is -2.11. The van der Waals surface area contributed by atoms with Crippen LogP contribution in [0, 0.1) is 0 Å².